The summed E-state index contributed by atoms with van der Waals surface area (Å²) >= 11 is 0. The minimum Gasteiger partial charge on any atom is -0.507 e. The summed E-state index contributed by atoms with van der Waals surface area (Å²) in [7, 11) is -1.83. The molecule has 0 aliphatic rings. The molecule has 0 atom stereocenters. The molecule has 70 valence electrons. The Bertz CT molecular complexity index is 326. The highest BCUT2D eigenvalue weighted by molar-refractivity contribution is 7.05. The molecule has 0 heterocycles. The molecule has 0 bridgehead atoms. The molecule has 1 N–H and O–H groups in total. The number of hydrogen-bond donors (Lipinski definition) is 1. The number of hydrogen-bond acceptors (Lipinski definition) is 2. The number of carbonyl (C=O) groups excluding carboxylic acids is 1. The Morgan fingerprint density at radius 3 is 2.23 bits per heavy atom. The second-order valence-corrected chi connectivity index (χ2v) is 9.05. The van der Waals surface area contributed by atoms with Crippen molar-refractivity contribution in [2.75, 3.05) is 0 Å². The molecule has 1 aromatic rings. The van der Waals surface area contributed by atoms with Crippen molar-refractivity contribution in [3.63, 3.8) is 0 Å². The Balaban J connectivity index is 3.10. The summed E-state index contributed by atoms with van der Waals surface area (Å²) in [5.41, 5.74) is 0.460. The first-order valence-electron chi connectivity index (χ1n) is 4.26. The molecular formula is C10H14O2Si. The summed E-state index contributed by atoms with van der Waals surface area (Å²) in [4.78, 5) is 11.8. The van der Waals surface area contributed by atoms with Crippen LogP contribution in [0.1, 0.15) is 10.4 Å². The summed E-state index contributed by atoms with van der Waals surface area (Å²) in [6, 6.07) is 6.71. The Morgan fingerprint density at radius 2 is 1.77 bits per heavy atom. The molecule has 2 nitrogen and oxygen atoms in total. The first-order valence-corrected chi connectivity index (χ1v) is 7.76. The van der Waals surface area contributed by atoms with E-state index in [1.54, 1.807) is 24.3 Å². The molecule has 0 spiro atoms. The highest BCUT2D eigenvalue weighted by atomic mass is 28.3. The summed E-state index contributed by atoms with van der Waals surface area (Å²) in [6.07, 6.45) is 0. The van der Waals surface area contributed by atoms with Crippen LogP contribution in [0.25, 0.3) is 0 Å². The Labute approximate surface area is 79.2 Å². The van der Waals surface area contributed by atoms with Crippen LogP contribution in [0.15, 0.2) is 24.3 Å². The van der Waals surface area contributed by atoms with Crippen LogP contribution < -0.4 is 0 Å². The number of aromatic hydroxyl groups is 1. The second kappa shape index (κ2) is 3.34. The van der Waals surface area contributed by atoms with E-state index in [2.05, 4.69) is 0 Å². The lowest BCUT2D eigenvalue weighted by Gasteiger charge is -2.14. The SMILES string of the molecule is C[Si](C)(C)C(=O)c1ccccc1O. The molecular weight excluding hydrogens is 180 g/mol. The number of benzene rings is 1. The van der Waals surface area contributed by atoms with Crippen LogP contribution in [0, 0.1) is 0 Å². The van der Waals surface area contributed by atoms with Crippen LogP contribution in [-0.2, 0) is 0 Å². The molecule has 3 heteroatoms. The fourth-order valence-electron chi connectivity index (χ4n) is 1.07. The third-order valence-corrected chi connectivity index (χ3v) is 3.46. The first kappa shape index (κ1) is 9.99. The van der Waals surface area contributed by atoms with Crippen LogP contribution in [-0.4, -0.2) is 18.6 Å². The smallest absolute Gasteiger partial charge is 0.143 e. The van der Waals surface area contributed by atoms with Gasteiger partial charge in [0.05, 0.1) is 5.56 Å². The highest BCUT2D eigenvalue weighted by Crippen LogP contribution is 2.20. The number of carbonyl (C=O) groups is 1. The zero-order chi connectivity index (χ0) is 10.1. The first-order chi connectivity index (χ1) is 5.93. The van der Waals surface area contributed by atoms with Gasteiger partial charge in [-0.15, -0.1) is 0 Å². The molecule has 13 heavy (non-hydrogen) atoms. The quantitative estimate of drug-likeness (QED) is 0.734. The standard InChI is InChI=1S/C10H14O2Si/c1-13(2,3)10(12)8-6-4-5-7-9(8)11/h4-7,11H,1-3H3. The van der Waals surface area contributed by atoms with E-state index in [1.807, 2.05) is 19.6 Å². The van der Waals surface area contributed by atoms with E-state index in [1.165, 1.54) is 0 Å². The van der Waals surface area contributed by atoms with Gasteiger partial charge in [0, 0.05) is 0 Å². The third-order valence-electron chi connectivity index (χ3n) is 1.83. The second-order valence-electron chi connectivity index (χ2n) is 4.10. The van der Waals surface area contributed by atoms with Crippen molar-refractivity contribution in [2.45, 2.75) is 19.6 Å². The molecule has 0 saturated heterocycles. The number of phenols is 1. The van der Waals surface area contributed by atoms with Gasteiger partial charge in [-0.3, -0.25) is 4.79 Å². The maximum absolute atomic E-state index is 11.8. The molecule has 1 rings (SSSR count). The average Bonchev–Trinajstić information content (AvgIpc) is 2.02. The molecule has 0 aliphatic heterocycles. The monoisotopic (exact) mass is 194 g/mol. The number of rotatable bonds is 2. The largest absolute Gasteiger partial charge is 0.507 e. The summed E-state index contributed by atoms with van der Waals surface area (Å²) in [6.45, 7) is 5.92. The van der Waals surface area contributed by atoms with Crippen molar-refractivity contribution in [2.24, 2.45) is 0 Å². The van der Waals surface area contributed by atoms with Gasteiger partial charge in [0.1, 0.15) is 19.2 Å². The number of phenolic OH excluding ortho intramolecular Hbond substituents is 1. The van der Waals surface area contributed by atoms with Crippen molar-refractivity contribution < 1.29 is 9.90 Å². The lowest BCUT2D eigenvalue weighted by molar-refractivity contribution is 0.106. The normalized spacial score (nSPS) is 11.3. The van der Waals surface area contributed by atoms with Crippen molar-refractivity contribution >= 4 is 13.5 Å². The molecule has 0 radical (unpaired) electrons. The Morgan fingerprint density at radius 1 is 1.23 bits per heavy atom. The van der Waals surface area contributed by atoms with Crippen LogP contribution in [0.4, 0.5) is 0 Å². The van der Waals surface area contributed by atoms with Gasteiger partial charge in [0.15, 0.2) is 0 Å². The van der Waals surface area contributed by atoms with Gasteiger partial charge in [0.25, 0.3) is 0 Å². The van der Waals surface area contributed by atoms with Crippen LogP contribution in [0.5, 0.6) is 5.75 Å². The van der Waals surface area contributed by atoms with E-state index in [-0.39, 0.29) is 11.2 Å². The van der Waals surface area contributed by atoms with Crippen molar-refractivity contribution in [3.05, 3.63) is 29.8 Å². The highest BCUT2D eigenvalue weighted by Gasteiger charge is 2.26. The van der Waals surface area contributed by atoms with Gasteiger partial charge in [-0.1, -0.05) is 31.8 Å². The van der Waals surface area contributed by atoms with E-state index in [0.29, 0.717) is 5.56 Å². The van der Waals surface area contributed by atoms with Gasteiger partial charge < -0.3 is 5.11 Å². The molecule has 0 aliphatic carbocycles. The minimum absolute atomic E-state index is 0.0925. The van der Waals surface area contributed by atoms with Gasteiger partial charge in [-0.2, -0.15) is 0 Å². The molecule has 0 aromatic heterocycles. The minimum atomic E-state index is -1.83. The van der Waals surface area contributed by atoms with Gasteiger partial charge >= 0.3 is 0 Å². The molecule has 0 amide bonds. The van der Waals surface area contributed by atoms with E-state index < -0.39 is 8.07 Å². The van der Waals surface area contributed by atoms with Crippen LogP contribution >= 0.6 is 0 Å². The van der Waals surface area contributed by atoms with E-state index in [9.17, 15) is 9.90 Å². The predicted octanol–water partition coefficient (Wildman–Crippen LogP) is 2.45. The topological polar surface area (TPSA) is 37.3 Å². The fourth-order valence-corrected chi connectivity index (χ4v) is 2.09. The molecule has 0 fully saturated rings. The van der Waals surface area contributed by atoms with E-state index in [0.717, 1.165) is 0 Å². The maximum atomic E-state index is 11.8. The Hall–Kier alpha value is -1.09. The van der Waals surface area contributed by atoms with Gasteiger partial charge in [-0.25, -0.2) is 0 Å². The van der Waals surface area contributed by atoms with Crippen LogP contribution in [0.3, 0.4) is 0 Å². The van der Waals surface area contributed by atoms with Crippen molar-refractivity contribution in [3.8, 4) is 5.75 Å². The summed E-state index contributed by atoms with van der Waals surface area (Å²) in [5.74, 6) is 0.0925. The molecule has 0 saturated carbocycles. The van der Waals surface area contributed by atoms with E-state index in [4.69, 9.17) is 0 Å². The maximum Gasteiger partial charge on any atom is 0.143 e. The van der Waals surface area contributed by atoms with Gasteiger partial charge in [-0.05, 0) is 12.1 Å². The van der Waals surface area contributed by atoms with Crippen LogP contribution in [0.2, 0.25) is 19.6 Å². The van der Waals surface area contributed by atoms with E-state index >= 15 is 0 Å². The average molecular weight is 194 g/mol. The predicted molar refractivity (Wildman–Crippen MR) is 55.8 cm³/mol. The molecule has 0 unspecified atom stereocenters. The summed E-state index contributed by atoms with van der Waals surface area (Å²) in [5, 5.41) is 9.55. The fraction of sp³-hybridized carbons (Fsp3) is 0.300. The molecule has 1 aromatic carbocycles. The van der Waals surface area contributed by atoms with Gasteiger partial charge in [0.2, 0.25) is 0 Å². The zero-order valence-electron chi connectivity index (χ0n) is 8.16. The van der Waals surface area contributed by atoms with Crippen molar-refractivity contribution in [1.82, 2.24) is 0 Å². The zero-order valence-corrected chi connectivity index (χ0v) is 9.16. The lowest BCUT2D eigenvalue weighted by Crippen LogP contribution is -2.33. The van der Waals surface area contributed by atoms with Crippen molar-refractivity contribution in [1.29, 1.82) is 0 Å². The third kappa shape index (κ3) is 2.18. The Kier molecular flexibility index (Phi) is 2.57. The summed E-state index contributed by atoms with van der Waals surface area (Å²) < 4.78 is 0. The lowest BCUT2D eigenvalue weighted by atomic mass is 10.2. The number of para-hydroxylation sites is 1.